The highest BCUT2D eigenvalue weighted by Gasteiger charge is 2.26. The Morgan fingerprint density at radius 3 is 2.58 bits per heavy atom. The van der Waals surface area contributed by atoms with Crippen LogP contribution in [0.2, 0.25) is 0 Å². The van der Waals surface area contributed by atoms with Gasteiger partial charge in [-0.25, -0.2) is 0 Å². The molecule has 24 heavy (non-hydrogen) atoms. The van der Waals surface area contributed by atoms with E-state index in [1.54, 1.807) is 0 Å². The molecule has 2 rings (SSSR count). The number of rotatable bonds is 7. The van der Waals surface area contributed by atoms with Gasteiger partial charge in [-0.15, -0.1) is 0 Å². The highest BCUT2D eigenvalue weighted by atomic mass is 16.4. The first-order chi connectivity index (χ1) is 11.5. The van der Waals surface area contributed by atoms with E-state index in [4.69, 9.17) is 5.11 Å². The predicted molar refractivity (Wildman–Crippen MR) is 94.0 cm³/mol. The summed E-state index contributed by atoms with van der Waals surface area (Å²) in [7, 11) is 0. The summed E-state index contributed by atoms with van der Waals surface area (Å²) >= 11 is 0. The lowest BCUT2D eigenvalue weighted by atomic mass is 10.0. The lowest BCUT2D eigenvalue weighted by Crippen LogP contribution is -2.48. The summed E-state index contributed by atoms with van der Waals surface area (Å²) in [6.45, 7) is 6.33. The maximum Gasteiger partial charge on any atom is 0.317 e. The summed E-state index contributed by atoms with van der Waals surface area (Å²) in [6.07, 6.45) is 3.04. The number of nitrogens with zero attached hydrogens (tertiary/aromatic N) is 2. The molecule has 1 amide bonds. The Kier molecular flexibility index (Phi) is 6.79. The van der Waals surface area contributed by atoms with Crippen LogP contribution in [0.4, 0.5) is 0 Å². The smallest absolute Gasteiger partial charge is 0.317 e. The third kappa shape index (κ3) is 5.34. The quantitative estimate of drug-likeness (QED) is 0.832. The summed E-state index contributed by atoms with van der Waals surface area (Å²) in [4.78, 5) is 27.2. The molecule has 1 aliphatic rings. The molecule has 5 nitrogen and oxygen atoms in total. The fourth-order valence-corrected chi connectivity index (χ4v) is 3.43. The highest BCUT2D eigenvalue weighted by molar-refractivity contribution is 5.76. The van der Waals surface area contributed by atoms with E-state index < -0.39 is 5.97 Å². The van der Waals surface area contributed by atoms with E-state index in [0.29, 0.717) is 6.42 Å². The third-order valence-electron chi connectivity index (χ3n) is 4.79. The van der Waals surface area contributed by atoms with Crippen molar-refractivity contribution in [1.82, 2.24) is 9.80 Å². The molecule has 132 valence electrons. The second kappa shape index (κ2) is 8.83. The molecule has 1 aliphatic heterocycles. The van der Waals surface area contributed by atoms with E-state index in [1.807, 2.05) is 22.8 Å². The average molecular weight is 332 g/mol. The zero-order valence-electron chi connectivity index (χ0n) is 14.7. The number of amides is 1. The monoisotopic (exact) mass is 332 g/mol. The van der Waals surface area contributed by atoms with E-state index in [0.717, 1.165) is 38.9 Å². The average Bonchev–Trinajstić information content (AvgIpc) is 2.57. The Hall–Kier alpha value is -1.88. The van der Waals surface area contributed by atoms with Crippen LogP contribution in [0.1, 0.15) is 37.3 Å². The minimum atomic E-state index is -0.784. The van der Waals surface area contributed by atoms with E-state index in [-0.39, 0.29) is 18.5 Å². The zero-order chi connectivity index (χ0) is 17.5. The molecule has 0 atom stereocenters. The Morgan fingerprint density at radius 1 is 1.29 bits per heavy atom. The molecular weight excluding hydrogens is 304 g/mol. The SMILES string of the molecule is CCN(CC(=O)O)C1CCN(C(=O)CCc2cccc(C)c2)CC1. The van der Waals surface area contributed by atoms with Gasteiger partial charge in [-0.05, 0) is 38.3 Å². The lowest BCUT2D eigenvalue weighted by Gasteiger charge is -2.37. The standard InChI is InChI=1S/C19H28N2O3/c1-3-20(14-19(23)24)17-9-11-21(12-10-17)18(22)8-7-16-6-4-5-15(2)13-16/h4-6,13,17H,3,7-12,14H2,1-2H3,(H,23,24). The van der Waals surface area contributed by atoms with Gasteiger partial charge in [0.2, 0.25) is 5.91 Å². The van der Waals surface area contributed by atoms with E-state index >= 15 is 0 Å². The number of hydrogen-bond donors (Lipinski definition) is 1. The third-order valence-corrected chi connectivity index (χ3v) is 4.79. The van der Waals surface area contributed by atoms with Crippen LogP contribution in [-0.4, -0.2) is 59.0 Å². The van der Waals surface area contributed by atoms with Crippen molar-refractivity contribution in [2.75, 3.05) is 26.2 Å². The second-order valence-corrected chi connectivity index (χ2v) is 6.56. The zero-order valence-corrected chi connectivity index (χ0v) is 14.7. The first-order valence-electron chi connectivity index (χ1n) is 8.78. The molecule has 1 N–H and O–H groups in total. The van der Waals surface area contributed by atoms with E-state index in [2.05, 4.69) is 25.1 Å². The van der Waals surface area contributed by atoms with E-state index in [1.165, 1.54) is 11.1 Å². The van der Waals surface area contributed by atoms with Crippen LogP contribution in [0.15, 0.2) is 24.3 Å². The van der Waals surface area contributed by atoms with Crippen molar-refractivity contribution in [1.29, 1.82) is 0 Å². The summed E-state index contributed by atoms with van der Waals surface area (Å²) in [5.41, 5.74) is 2.43. The number of carbonyl (C=O) groups excluding carboxylic acids is 1. The van der Waals surface area contributed by atoms with Gasteiger partial charge in [0, 0.05) is 25.6 Å². The van der Waals surface area contributed by atoms with Crippen LogP contribution < -0.4 is 0 Å². The first kappa shape index (κ1) is 18.5. The van der Waals surface area contributed by atoms with Crippen LogP contribution in [0.5, 0.6) is 0 Å². The van der Waals surface area contributed by atoms with Crippen molar-refractivity contribution in [2.45, 2.75) is 45.6 Å². The molecule has 0 aromatic heterocycles. The van der Waals surface area contributed by atoms with Crippen molar-refractivity contribution in [3.8, 4) is 0 Å². The maximum atomic E-state index is 12.4. The number of aryl methyl sites for hydroxylation is 2. The minimum absolute atomic E-state index is 0.0858. The van der Waals surface area contributed by atoms with Gasteiger partial charge in [0.05, 0.1) is 6.54 Å². The largest absolute Gasteiger partial charge is 0.480 e. The molecule has 1 heterocycles. The van der Waals surface area contributed by atoms with E-state index in [9.17, 15) is 9.59 Å². The molecule has 1 aromatic rings. The summed E-state index contributed by atoms with van der Waals surface area (Å²) in [5.74, 6) is -0.579. The van der Waals surface area contributed by atoms with Crippen LogP contribution in [-0.2, 0) is 16.0 Å². The van der Waals surface area contributed by atoms with Crippen molar-refractivity contribution in [3.63, 3.8) is 0 Å². The number of aliphatic carboxylic acids is 1. The topological polar surface area (TPSA) is 60.9 Å². The normalized spacial score (nSPS) is 15.7. The summed E-state index contributed by atoms with van der Waals surface area (Å²) in [6, 6.07) is 8.56. The Balaban J connectivity index is 1.78. The molecule has 0 bridgehead atoms. The highest BCUT2D eigenvalue weighted by Crippen LogP contribution is 2.18. The Bertz CT molecular complexity index is 565. The minimum Gasteiger partial charge on any atom is -0.480 e. The fourth-order valence-electron chi connectivity index (χ4n) is 3.43. The number of piperidine rings is 1. The van der Waals surface area contributed by atoms with Gasteiger partial charge < -0.3 is 10.0 Å². The number of hydrogen-bond acceptors (Lipinski definition) is 3. The van der Waals surface area contributed by atoms with Gasteiger partial charge in [-0.1, -0.05) is 36.8 Å². The molecular formula is C19H28N2O3. The number of carboxylic acids is 1. The number of carboxylic acid groups (broad SMARTS) is 1. The number of likely N-dealkylation sites (N-methyl/N-ethyl adjacent to an activating group) is 1. The Labute approximate surface area is 144 Å². The van der Waals surface area contributed by atoms with Gasteiger partial charge in [-0.3, -0.25) is 14.5 Å². The van der Waals surface area contributed by atoms with Gasteiger partial charge in [-0.2, -0.15) is 0 Å². The summed E-state index contributed by atoms with van der Waals surface area (Å²) < 4.78 is 0. The second-order valence-electron chi connectivity index (χ2n) is 6.56. The van der Waals surface area contributed by atoms with Crippen molar-refractivity contribution >= 4 is 11.9 Å². The Morgan fingerprint density at radius 2 is 2.00 bits per heavy atom. The molecule has 0 radical (unpaired) electrons. The summed E-state index contributed by atoms with van der Waals surface area (Å²) in [5, 5.41) is 8.98. The number of carbonyl (C=O) groups is 2. The number of likely N-dealkylation sites (tertiary alicyclic amines) is 1. The molecule has 0 saturated carbocycles. The van der Waals surface area contributed by atoms with Gasteiger partial charge in [0.25, 0.3) is 0 Å². The van der Waals surface area contributed by atoms with Gasteiger partial charge in [0.1, 0.15) is 0 Å². The first-order valence-corrected chi connectivity index (χ1v) is 8.78. The number of benzene rings is 1. The molecule has 1 saturated heterocycles. The maximum absolute atomic E-state index is 12.4. The van der Waals surface area contributed by atoms with Crippen LogP contribution in [0.25, 0.3) is 0 Å². The molecule has 1 aromatic carbocycles. The molecule has 1 fully saturated rings. The van der Waals surface area contributed by atoms with Crippen molar-refractivity contribution < 1.29 is 14.7 Å². The van der Waals surface area contributed by atoms with Crippen LogP contribution >= 0.6 is 0 Å². The molecule has 5 heteroatoms. The van der Waals surface area contributed by atoms with Crippen LogP contribution in [0, 0.1) is 6.92 Å². The van der Waals surface area contributed by atoms with Gasteiger partial charge >= 0.3 is 5.97 Å². The molecule has 0 unspecified atom stereocenters. The fraction of sp³-hybridized carbons (Fsp3) is 0.579. The lowest BCUT2D eigenvalue weighted by molar-refractivity contribution is -0.140. The van der Waals surface area contributed by atoms with Crippen molar-refractivity contribution in [3.05, 3.63) is 35.4 Å². The van der Waals surface area contributed by atoms with Crippen molar-refractivity contribution in [2.24, 2.45) is 0 Å². The van der Waals surface area contributed by atoms with Crippen LogP contribution in [0.3, 0.4) is 0 Å². The van der Waals surface area contributed by atoms with Gasteiger partial charge in [0.15, 0.2) is 0 Å². The molecule has 0 aliphatic carbocycles. The molecule has 0 spiro atoms. The predicted octanol–water partition coefficient (Wildman–Crippen LogP) is 2.33.